The molecule has 1 amide bonds. The first-order chi connectivity index (χ1) is 12.2. The molecule has 1 atom stereocenters. The van der Waals surface area contributed by atoms with E-state index in [2.05, 4.69) is 5.10 Å². The van der Waals surface area contributed by atoms with Gasteiger partial charge in [0.1, 0.15) is 17.5 Å². The van der Waals surface area contributed by atoms with Gasteiger partial charge in [0.15, 0.2) is 0 Å². The number of rotatable bonds is 3. The molecule has 1 aliphatic rings. The Morgan fingerprint density at radius 1 is 1.24 bits per heavy atom. The fraction of sp³-hybridized carbons (Fsp3) is 0.263. The zero-order chi connectivity index (χ0) is 17.2. The second-order valence-corrected chi connectivity index (χ2v) is 6.98. The molecule has 1 aromatic carbocycles. The molecule has 25 heavy (non-hydrogen) atoms. The van der Waals surface area contributed by atoms with Crippen LogP contribution in [0.3, 0.4) is 0 Å². The van der Waals surface area contributed by atoms with Crippen molar-refractivity contribution in [1.82, 2.24) is 14.7 Å². The van der Waals surface area contributed by atoms with Gasteiger partial charge in [0.2, 0.25) is 0 Å². The Bertz CT molecular complexity index is 858. The maximum absolute atomic E-state index is 13.0. The van der Waals surface area contributed by atoms with Crippen LogP contribution in [0.2, 0.25) is 0 Å². The molecule has 0 bridgehead atoms. The summed E-state index contributed by atoms with van der Waals surface area (Å²) in [5.41, 5.74) is 2.55. The van der Waals surface area contributed by atoms with Gasteiger partial charge in [0.25, 0.3) is 5.91 Å². The third-order valence-corrected chi connectivity index (χ3v) is 5.29. The fourth-order valence-corrected chi connectivity index (χ4v) is 3.76. The summed E-state index contributed by atoms with van der Waals surface area (Å²) in [5, 5.41) is 6.51. The minimum atomic E-state index is -0.0797. The topological polar surface area (TPSA) is 47.4 Å². The summed E-state index contributed by atoms with van der Waals surface area (Å²) in [6.45, 7) is 1.70. The number of carbonyl (C=O) groups is 1. The molecule has 3 heterocycles. The molecule has 0 aliphatic carbocycles. The number of aryl methyl sites for hydroxylation is 1. The van der Waals surface area contributed by atoms with Crippen LogP contribution in [0.25, 0.3) is 10.6 Å². The van der Waals surface area contributed by atoms with Crippen LogP contribution < -0.4 is 0 Å². The van der Waals surface area contributed by atoms with Crippen molar-refractivity contribution in [3.05, 3.63) is 65.2 Å². The van der Waals surface area contributed by atoms with E-state index in [0.29, 0.717) is 25.4 Å². The van der Waals surface area contributed by atoms with Crippen LogP contribution in [-0.2, 0) is 11.8 Å². The van der Waals surface area contributed by atoms with E-state index in [9.17, 15) is 4.79 Å². The molecule has 0 saturated carbocycles. The first-order valence-electron chi connectivity index (χ1n) is 8.26. The quantitative estimate of drug-likeness (QED) is 0.725. The van der Waals surface area contributed by atoms with E-state index in [1.807, 2.05) is 65.9 Å². The lowest BCUT2D eigenvalue weighted by atomic mass is 10.1. The number of carbonyl (C=O) groups excluding carboxylic acids is 1. The van der Waals surface area contributed by atoms with Crippen molar-refractivity contribution in [3.63, 3.8) is 0 Å². The van der Waals surface area contributed by atoms with Crippen molar-refractivity contribution in [2.45, 2.75) is 6.10 Å². The zero-order valence-corrected chi connectivity index (χ0v) is 14.8. The maximum atomic E-state index is 13.0. The second-order valence-electron chi connectivity index (χ2n) is 6.04. The maximum Gasteiger partial charge on any atom is 0.272 e. The lowest BCUT2D eigenvalue weighted by Crippen LogP contribution is -2.42. The van der Waals surface area contributed by atoms with Gasteiger partial charge < -0.3 is 9.64 Å². The summed E-state index contributed by atoms with van der Waals surface area (Å²) in [6, 6.07) is 15.9. The molecule has 1 fully saturated rings. The van der Waals surface area contributed by atoms with Crippen LogP contribution in [-0.4, -0.2) is 40.3 Å². The van der Waals surface area contributed by atoms with E-state index in [1.54, 1.807) is 16.0 Å². The van der Waals surface area contributed by atoms with Crippen LogP contribution in [0.4, 0.5) is 0 Å². The number of benzene rings is 1. The second kappa shape index (κ2) is 6.82. The van der Waals surface area contributed by atoms with Crippen LogP contribution in [0.15, 0.2) is 53.9 Å². The molecule has 1 aliphatic heterocycles. The standard InChI is InChI=1S/C19H19N3O2S/c1-21-16(12-15(20-21)18-8-5-11-25-18)19(23)22-9-10-24-17(13-22)14-6-3-2-4-7-14/h2-8,11-12,17H,9-10,13H2,1H3. The van der Waals surface area contributed by atoms with Gasteiger partial charge in [-0.15, -0.1) is 11.3 Å². The Balaban J connectivity index is 1.54. The third-order valence-electron chi connectivity index (χ3n) is 4.40. The monoisotopic (exact) mass is 353 g/mol. The summed E-state index contributed by atoms with van der Waals surface area (Å²) in [5.74, 6) is 0.00189. The highest BCUT2D eigenvalue weighted by Crippen LogP contribution is 2.26. The smallest absolute Gasteiger partial charge is 0.272 e. The molecule has 0 spiro atoms. The molecular formula is C19H19N3O2S. The van der Waals surface area contributed by atoms with Gasteiger partial charge in [0.05, 0.1) is 18.0 Å². The van der Waals surface area contributed by atoms with Crippen LogP contribution >= 0.6 is 11.3 Å². The van der Waals surface area contributed by atoms with Crippen molar-refractivity contribution in [3.8, 4) is 10.6 Å². The van der Waals surface area contributed by atoms with Gasteiger partial charge in [-0.05, 0) is 23.1 Å². The number of hydrogen-bond donors (Lipinski definition) is 0. The highest BCUT2D eigenvalue weighted by atomic mass is 32.1. The number of thiophene rings is 1. The van der Waals surface area contributed by atoms with Crippen LogP contribution in [0, 0.1) is 0 Å². The number of hydrogen-bond acceptors (Lipinski definition) is 4. The largest absolute Gasteiger partial charge is 0.370 e. The van der Waals surface area contributed by atoms with E-state index in [-0.39, 0.29) is 12.0 Å². The number of nitrogens with zero attached hydrogens (tertiary/aromatic N) is 3. The Labute approximate surface area is 150 Å². The Morgan fingerprint density at radius 3 is 2.84 bits per heavy atom. The molecule has 0 N–H and O–H groups in total. The van der Waals surface area contributed by atoms with E-state index < -0.39 is 0 Å². The zero-order valence-electron chi connectivity index (χ0n) is 14.0. The van der Waals surface area contributed by atoms with Gasteiger partial charge in [-0.25, -0.2) is 0 Å². The minimum Gasteiger partial charge on any atom is -0.370 e. The number of aromatic nitrogens is 2. The average Bonchev–Trinajstić information content (AvgIpc) is 3.31. The highest BCUT2D eigenvalue weighted by Gasteiger charge is 2.28. The lowest BCUT2D eigenvalue weighted by Gasteiger charge is -2.33. The summed E-state index contributed by atoms with van der Waals surface area (Å²) in [4.78, 5) is 15.9. The normalized spacial score (nSPS) is 17.6. The van der Waals surface area contributed by atoms with Gasteiger partial charge in [-0.2, -0.15) is 5.10 Å². The predicted octanol–water partition coefficient (Wildman–Crippen LogP) is 3.36. The summed E-state index contributed by atoms with van der Waals surface area (Å²) in [7, 11) is 1.82. The first kappa shape index (κ1) is 16.1. The van der Waals surface area contributed by atoms with Crippen LogP contribution in [0.1, 0.15) is 22.2 Å². The lowest BCUT2D eigenvalue weighted by molar-refractivity contribution is -0.0231. The fourth-order valence-electron chi connectivity index (χ4n) is 3.08. The van der Waals surface area contributed by atoms with Gasteiger partial charge >= 0.3 is 0 Å². The minimum absolute atomic E-state index is 0.00189. The van der Waals surface area contributed by atoms with E-state index >= 15 is 0 Å². The Morgan fingerprint density at radius 2 is 2.08 bits per heavy atom. The van der Waals surface area contributed by atoms with Crippen molar-refractivity contribution in [2.24, 2.45) is 7.05 Å². The molecule has 1 unspecified atom stereocenters. The molecule has 0 radical (unpaired) electrons. The number of morpholine rings is 1. The van der Waals surface area contributed by atoms with Gasteiger partial charge in [-0.1, -0.05) is 36.4 Å². The van der Waals surface area contributed by atoms with Gasteiger partial charge in [-0.3, -0.25) is 9.48 Å². The number of amides is 1. The van der Waals surface area contributed by atoms with Crippen molar-refractivity contribution in [1.29, 1.82) is 0 Å². The van der Waals surface area contributed by atoms with Crippen molar-refractivity contribution >= 4 is 17.2 Å². The Kier molecular flexibility index (Phi) is 4.38. The molecule has 128 valence electrons. The van der Waals surface area contributed by atoms with E-state index in [1.165, 1.54) is 0 Å². The molecule has 1 saturated heterocycles. The van der Waals surface area contributed by atoms with Crippen LogP contribution in [0.5, 0.6) is 0 Å². The third kappa shape index (κ3) is 3.23. The molecule has 5 nitrogen and oxygen atoms in total. The first-order valence-corrected chi connectivity index (χ1v) is 9.14. The molecule has 2 aromatic heterocycles. The SMILES string of the molecule is Cn1nc(-c2cccs2)cc1C(=O)N1CCOC(c2ccccc2)C1. The molecular weight excluding hydrogens is 334 g/mol. The van der Waals surface area contributed by atoms with Gasteiger partial charge in [0, 0.05) is 13.6 Å². The van der Waals surface area contributed by atoms with Crippen molar-refractivity contribution < 1.29 is 9.53 Å². The molecule has 3 aromatic rings. The summed E-state index contributed by atoms with van der Waals surface area (Å²) in [6.07, 6.45) is -0.0797. The van der Waals surface area contributed by atoms with Crippen molar-refractivity contribution in [2.75, 3.05) is 19.7 Å². The summed E-state index contributed by atoms with van der Waals surface area (Å²) < 4.78 is 7.53. The van der Waals surface area contributed by atoms with E-state index in [4.69, 9.17) is 4.74 Å². The predicted molar refractivity (Wildman–Crippen MR) is 97.6 cm³/mol. The Hall–Kier alpha value is -2.44. The average molecular weight is 353 g/mol. The molecule has 4 rings (SSSR count). The number of ether oxygens (including phenoxy) is 1. The summed E-state index contributed by atoms with van der Waals surface area (Å²) >= 11 is 1.62. The molecule has 6 heteroatoms. The van der Waals surface area contributed by atoms with E-state index in [0.717, 1.165) is 16.1 Å². The highest BCUT2D eigenvalue weighted by molar-refractivity contribution is 7.13.